The Hall–Kier alpha value is -2.68. The second-order valence-electron chi connectivity index (χ2n) is 6.11. The first-order valence-electron chi connectivity index (χ1n) is 7.60. The van der Waals surface area contributed by atoms with Crippen LogP contribution in [-0.2, 0) is 4.79 Å². The van der Waals surface area contributed by atoms with Crippen LogP contribution in [0.2, 0.25) is 0 Å². The summed E-state index contributed by atoms with van der Waals surface area (Å²) in [4.78, 5) is 16.5. The molecule has 0 fully saturated rings. The van der Waals surface area contributed by atoms with Crippen LogP contribution in [0.1, 0.15) is 30.5 Å². The Balaban J connectivity index is 2.04. The van der Waals surface area contributed by atoms with E-state index >= 15 is 0 Å². The number of phenols is 1. The summed E-state index contributed by atoms with van der Waals surface area (Å²) in [5.74, 6) is 0.420. The van der Waals surface area contributed by atoms with Gasteiger partial charge in [0, 0.05) is 11.1 Å². The van der Waals surface area contributed by atoms with Crippen LogP contribution in [0.25, 0.3) is 0 Å². The van der Waals surface area contributed by atoms with E-state index in [-0.39, 0.29) is 5.78 Å². The summed E-state index contributed by atoms with van der Waals surface area (Å²) in [5.41, 5.74) is 6.82. The number of benzene rings is 1. The van der Waals surface area contributed by atoms with Gasteiger partial charge in [-0.2, -0.15) is 0 Å². The predicted molar refractivity (Wildman–Crippen MR) is 92.8 cm³/mol. The topological polar surface area (TPSA) is 49.7 Å². The van der Waals surface area contributed by atoms with E-state index < -0.39 is 0 Å². The normalized spacial score (nSPS) is 17.4. The molecule has 116 valence electrons. The van der Waals surface area contributed by atoms with Gasteiger partial charge in [-0.05, 0) is 86.4 Å². The number of nitrogens with zero attached hydrogens (tertiary/aromatic N) is 1. The fourth-order valence-electron chi connectivity index (χ4n) is 2.89. The highest BCUT2D eigenvalue weighted by Gasteiger charge is 2.17. The predicted octanol–water partition coefficient (Wildman–Crippen LogP) is 4.10. The molecule has 0 amide bonds. The second-order valence-corrected chi connectivity index (χ2v) is 6.11. The maximum absolute atomic E-state index is 11.8. The van der Waals surface area contributed by atoms with Gasteiger partial charge in [0.15, 0.2) is 5.78 Å². The van der Waals surface area contributed by atoms with Crippen LogP contribution in [0.3, 0.4) is 0 Å². The molecule has 0 atom stereocenters. The van der Waals surface area contributed by atoms with Gasteiger partial charge < -0.3 is 5.11 Å². The number of hydrogen-bond donors (Lipinski definition) is 1. The number of hydrogen-bond acceptors (Lipinski definition) is 3. The van der Waals surface area contributed by atoms with E-state index in [9.17, 15) is 9.90 Å². The Morgan fingerprint density at radius 3 is 2.04 bits per heavy atom. The zero-order valence-electron chi connectivity index (χ0n) is 13.8. The molecule has 0 saturated heterocycles. The zero-order valence-corrected chi connectivity index (χ0v) is 13.8. The summed E-state index contributed by atoms with van der Waals surface area (Å²) in [6.07, 6.45) is 7.70. The van der Waals surface area contributed by atoms with Crippen molar-refractivity contribution in [3.05, 3.63) is 75.5 Å². The lowest BCUT2D eigenvalue weighted by atomic mass is 9.95. The lowest BCUT2D eigenvalue weighted by molar-refractivity contribution is -0.112. The summed E-state index contributed by atoms with van der Waals surface area (Å²) in [7, 11) is 0. The van der Waals surface area contributed by atoms with E-state index in [2.05, 4.69) is 0 Å². The summed E-state index contributed by atoms with van der Waals surface area (Å²) in [6, 6.07) is 3.87. The molecule has 3 nitrogen and oxygen atoms in total. The number of aryl methyl sites for hydroxylation is 2. The van der Waals surface area contributed by atoms with E-state index in [1.807, 2.05) is 64.1 Å². The molecule has 1 aromatic carbocycles. The zero-order chi connectivity index (χ0) is 16.7. The van der Waals surface area contributed by atoms with Crippen LogP contribution < -0.4 is 0 Å². The highest BCUT2D eigenvalue weighted by atomic mass is 16.3. The monoisotopic (exact) mass is 305 g/mol. The van der Waals surface area contributed by atoms with Crippen molar-refractivity contribution < 1.29 is 9.90 Å². The third-order valence-corrected chi connectivity index (χ3v) is 4.18. The van der Waals surface area contributed by atoms with Crippen LogP contribution in [0, 0.1) is 13.8 Å². The molecule has 1 N–H and O–H groups in total. The molecule has 3 rings (SSSR count). The lowest BCUT2D eigenvalue weighted by Gasteiger charge is -2.10. The minimum absolute atomic E-state index is 0.0883. The van der Waals surface area contributed by atoms with Gasteiger partial charge in [0.05, 0.1) is 11.4 Å². The molecule has 1 aromatic rings. The SMILES string of the molecule is CC1=CC(=C2C=CC(c3cc(C)c(O)c(C)c3)=N2)C=C(C)C1=O. The molecule has 0 aromatic heterocycles. The maximum Gasteiger partial charge on any atom is 0.184 e. The first-order valence-corrected chi connectivity index (χ1v) is 7.60. The van der Waals surface area contributed by atoms with Crippen LogP contribution >= 0.6 is 0 Å². The van der Waals surface area contributed by atoms with Gasteiger partial charge in [-0.15, -0.1) is 0 Å². The number of carbonyl (C=O) groups is 1. The Labute approximate surface area is 136 Å². The van der Waals surface area contributed by atoms with Crippen molar-refractivity contribution in [2.45, 2.75) is 27.7 Å². The number of aliphatic imine (C=N–C) groups is 1. The Bertz CT molecular complexity index is 830. The summed E-state index contributed by atoms with van der Waals surface area (Å²) >= 11 is 0. The first-order chi connectivity index (χ1) is 10.9. The number of rotatable bonds is 1. The largest absolute Gasteiger partial charge is 0.507 e. The molecule has 0 radical (unpaired) electrons. The number of phenolic OH excluding ortho intramolecular Hbond substituents is 1. The van der Waals surface area contributed by atoms with Crippen molar-refractivity contribution in [1.82, 2.24) is 0 Å². The Kier molecular flexibility index (Phi) is 3.64. The molecule has 0 saturated carbocycles. The molecule has 1 aliphatic carbocycles. The van der Waals surface area contributed by atoms with Crippen LogP contribution in [0.15, 0.2) is 63.8 Å². The highest BCUT2D eigenvalue weighted by molar-refractivity contribution is 6.12. The van der Waals surface area contributed by atoms with Crippen LogP contribution in [0.5, 0.6) is 5.75 Å². The Morgan fingerprint density at radius 1 is 0.913 bits per heavy atom. The van der Waals surface area contributed by atoms with Crippen molar-refractivity contribution in [2.24, 2.45) is 4.99 Å². The average Bonchev–Trinajstić information content (AvgIpc) is 2.99. The first kappa shape index (κ1) is 15.2. The number of allylic oxidation sites excluding steroid dienone is 7. The average molecular weight is 305 g/mol. The van der Waals surface area contributed by atoms with Gasteiger partial charge in [-0.25, -0.2) is 4.99 Å². The molecule has 0 spiro atoms. The fourth-order valence-corrected chi connectivity index (χ4v) is 2.89. The van der Waals surface area contributed by atoms with Crippen molar-refractivity contribution in [3.8, 4) is 5.75 Å². The molecule has 0 unspecified atom stereocenters. The number of ketones is 1. The van der Waals surface area contributed by atoms with Crippen molar-refractivity contribution in [1.29, 1.82) is 0 Å². The molecule has 1 aliphatic heterocycles. The van der Waals surface area contributed by atoms with Crippen molar-refractivity contribution in [2.75, 3.05) is 0 Å². The third kappa shape index (κ3) is 2.70. The number of aromatic hydroxyl groups is 1. The third-order valence-electron chi connectivity index (χ3n) is 4.18. The van der Waals surface area contributed by atoms with Gasteiger partial charge >= 0.3 is 0 Å². The van der Waals surface area contributed by atoms with Gasteiger partial charge in [-0.1, -0.05) is 0 Å². The van der Waals surface area contributed by atoms with E-state index in [4.69, 9.17) is 4.99 Å². The number of Topliss-reactive ketones (excluding diaryl/α,β-unsaturated/α-hetero) is 1. The summed E-state index contributed by atoms with van der Waals surface area (Å²) in [6.45, 7) is 7.43. The molecular weight excluding hydrogens is 286 g/mol. The second kappa shape index (κ2) is 5.51. The number of carbonyl (C=O) groups excluding carboxylic acids is 1. The van der Waals surface area contributed by atoms with Gasteiger partial charge in [0.1, 0.15) is 5.75 Å². The maximum atomic E-state index is 11.8. The molecule has 0 bridgehead atoms. The summed E-state index contributed by atoms with van der Waals surface area (Å²) < 4.78 is 0. The molecule has 1 heterocycles. The summed E-state index contributed by atoms with van der Waals surface area (Å²) in [5, 5.41) is 9.90. The smallest absolute Gasteiger partial charge is 0.184 e. The molecular formula is C20H19NO2. The van der Waals surface area contributed by atoms with Gasteiger partial charge in [0.2, 0.25) is 0 Å². The highest BCUT2D eigenvalue weighted by Crippen LogP contribution is 2.28. The van der Waals surface area contributed by atoms with Gasteiger partial charge in [-0.3, -0.25) is 4.79 Å². The van der Waals surface area contributed by atoms with Crippen molar-refractivity contribution in [3.63, 3.8) is 0 Å². The Morgan fingerprint density at radius 2 is 1.48 bits per heavy atom. The van der Waals surface area contributed by atoms with Crippen molar-refractivity contribution >= 4 is 11.5 Å². The lowest BCUT2D eigenvalue weighted by Crippen LogP contribution is -2.06. The minimum Gasteiger partial charge on any atom is -0.507 e. The van der Waals surface area contributed by atoms with Crippen LogP contribution in [0.4, 0.5) is 0 Å². The van der Waals surface area contributed by atoms with Crippen LogP contribution in [-0.4, -0.2) is 16.6 Å². The van der Waals surface area contributed by atoms with E-state index in [0.29, 0.717) is 5.75 Å². The molecule has 23 heavy (non-hydrogen) atoms. The standard InChI is InChI=1S/C20H19NO2/c1-11-7-15(8-12(2)19(11)22)17-5-6-18(21-17)16-9-13(3)20(23)14(4)10-16/h5-10,22H,1-4H3. The van der Waals surface area contributed by atoms with E-state index in [0.717, 1.165) is 44.8 Å². The van der Waals surface area contributed by atoms with Gasteiger partial charge in [0.25, 0.3) is 0 Å². The quantitative estimate of drug-likeness (QED) is 0.849. The van der Waals surface area contributed by atoms with E-state index in [1.54, 1.807) is 0 Å². The fraction of sp³-hybridized carbons (Fsp3) is 0.200. The molecule has 2 aliphatic rings. The molecule has 3 heteroatoms. The van der Waals surface area contributed by atoms with E-state index in [1.165, 1.54) is 0 Å². The minimum atomic E-state index is 0.0883.